The summed E-state index contributed by atoms with van der Waals surface area (Å²) < 4.78 is 35.2. The van der Waals surface area contributed by atoms with E-state index in [1.54, 1.807) is 6.07 Å². The monoisotopic (exact) mass is 257 g/mol. The van der Waals surface area contributed by atoms with Gasteiger partial charge in [0, 0.05) is 6.42 Å². The van der Waals surface area contributed by atoms with E-state index < -0.39 is 23.8 Å². The van der Waals surface area contributed by atoms with Crippen LogP contribution < -0.4 is 0 Å². The molecule has 0 unspecified atom stereocenters. The Hall–Kier alpha value is -2.18. The van der Waals surface area contributed by atoms with Gasteiger partial charge in [0.05, 0.1) is 0 Å². The van der Waals surface area contributed by atoms with Gasteiger partial charge in [0.15, 0.2) is 11.5 Å². The molecule has 0 aliphatic heterocycles. The zero-order chi connectivity index (χ0) is 13.3. The molecule has 96 valence electrons. The summed E-state index contributed by atoms with van der Waals surface area (Å²) >= 11 is 0. The second-order valence-corrected chi connectivity index (χ2v) is 3.46. The Kier molecular flexibility index (Phi) is 3.14. The first-order valence-electron chi connectivity index (χ1n) is 5.14. The summed E-state index contributed by atoms with van der Waals surface area (Å²) in [7, 11) is 0. The fraction of sp³-hybridized carbons (Fsp3) is 0.273. The van der Waals surface area contributed by atoms with Gasteiger partial charge in [-0.1, -0.05) is 6.92 Å². The van der Waals surface area contributed by atoms with Crippen LogP contribution in [0.3, 0.4) is 0 Å². The number of carbonyl (C=O) groups is 1. The van der Waals surface area contributed by atoms with Crippen LogP contribution in [0.4, 0.5) is 8.78 Å². The highest BCUT2D eigenvalue weighted by molar-refractivity contribution is 5.86. The normalized spacial score (nSPS) is 11.1. The number of hydrogen-bond acceptors (Lipinski definition) is 4. The number of rotatable bonds is 4. The molecule has 7 heteroatoms. The first-order chi connectivity index (χ1) is 8.52. The number of aromatic carboxylic acids is 1. The van der Waals surface area contributed by atoms with Gasteiger partial charge in [-0.25, -0.2) is 18.6 Å². The minimum Gasteiger partial charge on any atom is -0.475 e. The highest BCUT2D eigenvalue weighted by Gasteiger charge is 2.27. The van der Waals surface area contributed by atoms with E-state index in [-0.39, 0.29) is 11.7 Å². The van der Waals surface area contributed by atoms with E-state index in [2.05, 4.69) is 4.98 Å². The Labute approximate surface area is 100 Å². The number of aryl methyl sites for hydroxylation is 1. The summed E-state index contributed by atoms with van der Waals surface area (Å²) in [5.74, 6) is -1.97. The molecule has 0 bridgehead atoms. The van der Waals surface area contributed by atoms with Crippen LogP contribution in [0.25, 0.3) is 11.7 Å². The molecule has 1 N–H and O–H groups in total. The molecule has 0 amide bonds. The molecule has 2 aromatic rings. The minimum absolute atomic E-state index is 0.126. The summed E-state index contributed by atoms with van der Waals surface area (Å²) in [4.78, 5) is 14.2. The lowest BCUT2D eigenvalue weighted by Gasteiger charge is -1.91. The molecule has 5 nitrogen and oxygen atoms in total. The summed E-state index contributed by atoms with van der Waals surface area (Å²) in [5, 5.41) is 8.73. The van der Waals surface area contributed by atoms with Crippen molar-refractivity contribution in [1.29, 1.82) is 0 Å². The van der Waals surface area contributed by atoms with Crippen LogP contribution in [0.1, 0.15) is 35.4 Å². The number of carboxylic acids is 1. The molecule has 0 aliphatic carbocycles. The van der Waals surface area contributed by atoms with E-state index in [1.165, 1.54) is 6.07 Å². The molecular weight excluding hydrogens is 248 g/mol. The molecule has 0 saturated heterocycles. The molecule has 2 aromatic heterocycles. The van der Waals surface area contributed by atoms with Crippen molar-refractivity contribution in [3.63, 3.8) is 0 Å². The lowest BCUT2D eigenvalue weighted by molar-refractivity contribution is 0.0646. The third kappa shape index (κ3) is 2.11. The van der Waals surface area contributed by atoms with Gasteiger partial charge in [-0.05, 0) is 12.1 Å². The predicted octanol–water partition coefficient (Wildman–Crippen LogP) is 3.13. The van der Waals surface area contributed by atoms with Gasteiger partial charge in [-0.15, -0.1) is 0 Å². The van der Waals surface area contributed by atoms with Crippen LogP contribution in [-0.2, 0) is 6.42 Å². The smallest absolute Gasteiger partial charge is 0.374 e. The van der Waals surface area contributed by atoms with Crippen molar-refractivity contribution < 1.29 is 27.5 Å². The van der Waals surface area contributed by atoms with Crippen molar-refractivity contribution in [2.75, 3.05) is 0 Å². The van der Waals surface area contributed by atoms with Gasteiger partial charge in [0.2, 0.25) is 5.76 Å². The van der Waals surface area contributed by atoms with Crippen molar-refractivity contribution in [2.24, 2.45) is 0 Å². The van der Waals surface area contributed by atoms with Gasteiger partial charge in [0.25, 0.3) is 12.3 Å². The van der Waals surface area contributed by atoms with E-state index in [0.29, 0.717) is 12.2 Å². The van der Waals surface area contributed by atoms with E-state index in [1.807, 2.05) is 6.92 Å². The van der Waals surface area contributed by atoms with Gasteiger partial charge >= 0.3 is 5.97 Å². The van der Waals surface area contributed by atoms with Crippen molar-refractivity contribution in [3.8, 4) is 11.7 Å². The molecule has 0 atom stereocenters. The SMILES string of the molecule is CCc1ccc(-c2nc(C(F)F)c(C(=O)O)o2)o1. The zero-order valence-corrected chi connectivity index (χ0v) is 9.31. The molecule has 18 heavy (non-hydrogen) atoms. The van der Waals surface area contributed by atoms with E-state index >= 15 is 0 Å². The number of nitrogens with zero attached hydrogens (tertiary/aromatic N) is 1. The average Bonchev–Trinajstić information content (AvgIpc) is 2.95. The molecule has 2 rings (SSSR count). The molecule has 0 aromatic carbocycles. The molecule has 2 heterocycles. The highest BCUT2D eigenvalue weighted by atomic mass is 19.3. The van der Waals surface area contributed by atoms with E-state index in [4.69, 9.17) is 13.9 Å². The third-order valence-electron chi connectivity index (χ3n) is 2.28. The molecular formula is C11H9F2NO4. The van der Waals surface area contributed by atoms with Crippen LogP contribution in [0.15, 0.2) is 21.0 Å². The topological polar surface area (TPSA) is 76.5 Å². The van der Waals surface area contributed by atoms with Crippen molar-refractivity contribution in [2.45, 2.75) is 19.8 Å². The third-order valence-corrected chi connectivity index (χ3v) is 2.28. The first kappa shape index (κ1) is 12.3. The van der Waals surface area contributed by atoms with Crippen LogP contribution in [0.5, 0.6) is 0 Å². The van der Waals surface area contributed by atoms with Gasteiger partial charge in [-0.2, -0.15) is 0 Å². The molecule has 0 saturated carbocycles. The average molecular weight is 257 g/mol. The second kappa shape index (κ2) is 4.59. The van der Waals surface area contributed by atoms with Crippen LogP contribution in [-0.4, -0.2) is 16.1 Å². The first-order valence-corrected chi connectivity index (χ1v) is 5.14. The Morgan fingerprint density at radius 1 is 1.44 bits per heavy atom. The summed E-state index contributed by atoms with van der Waals surface area (Å²) in [6.45, 7) is 1.85. The maximum Gasteiger partial charge on any atom is 0.374 e. The fourth-order valence-electron chi connectivity index (χ4n) is 1.42. The summed E-state index contributed by atoms with van der Waals surface area (Å²) in [5.41, 5.74) is -0.896. The summed E-state index contributed by atoms with van der Waals surface area (Å²) in [6, 6.07) is 3.13. The van der Waals surface area contributed by atoms with E-state index in [0.717, 1.165) is 0 Å². The number of halogens is 2. The minimum atomic E-state index is -3.02. The van der Waals surface area contributed by atoms with Gasteiger partial charge < -0.3 is 13.9 Å². The maximum absolute atomic E-state index is 12.6. The number of carboxylic acid groups (broad SMARTS) is 1. The van der Waals surface area contributed by atoms with Crippen LogP contribution in [0, 0.1) is 0 Å². The van der Waals surface area contributed by atoms with Gasteiger partial charge in [0.1, 0.15) is 5.76 Å². The Balaban J connectivity index is 2.46. The highest BCUT2D eigenvalue weighted by Crippen LogP contribution is 2.29. The standard InChI is InChI=1S/C11H9F2NO4/c1-2-5-3-4-6(17-5)10-14-7(9(12)13)8(18-10)11(15)16/h3-4,9H,2H2,1H3,(H,15,16). The summed E-state index contributed by atoms with van der Waals surface area (Å²) in [6.07, 6.45) is -2.40. The Morgan fingerprint density at radius 2 is 2.17 bits per heavy atom. The number of oxazole rings is 1. The van der Waals surface area contributed by atoms with Crippen LogP contribution >= 0.6 is 0 Å². The predicted molar refractivity (Wildman–Crippen MR) is 55.5 cm³/mol. The molecule has 0 spiro atoms. The lowest BCUT2D eigenvalue weighted by atomic mass is 10.3. The number of hydrogen-bond donors (Lipinski definition) is 1. The fourth-order valence-corrected chi connectivity index (χ4v) is 1.42. The van der Waals surface area contributed by atoms with Crippen molar-refractivity contribution in [3.05, 3.63) is 29.3 Å². The van der Waals surface area contributed by atoms with Crippen molar-refractivity contribution >= 4 is 5.97 Å². The molecule has 0 radical (unpaired) electrons. The largest absolute Gasteiger partial charge is 0.475 e. The maximum atomic E-state index is 12.6. The Bertz CT molecular complexity index is 573. The number of alkyl halides is 2. The molecule has 0 aliphatic rings. The quantitative estimate of drug-likeness (QED) is 0.910. The number of furan rings is 1. The van der Waals surface area contributed by atoms with E-state index in [9.17, 15) is 13.6 Å². The number of aromatic nitrogens is 1. The zero-order valence-electron chi connectivity index (χ0n) is 9.31. The molecule has 0 fully saturated rings. The second-order valence-electron chi connectivity index (χ2n) is 3.46. The van der Waals surface area contributed by atoms with Crippen molar-refractivity contribution in [1.82, 2.24) is 4.98 Å². The lowest BCUT2D eigenvalue weighted by Crippen LogP contribution is -1.99. The van der Waals surface area contributed by atoms with Gasteiger partial charge in [-0.3, -0.25) is 0 Å². The Morgan fingerprint density at radius 3 is 2.61 bits per heavy atom. The van der Waals surface area contributed by atoms with Crippen LogP contribution in [0.2, 0.25) is 0 Å².